The third-order valence-corrected chi connectivity index (χ3v) is 4.80. The van der Waals surface area contributed by atoms with Crippen molar-refractivity contribution in [1.29, 1.82) is 0 Å². The van der Waals surface area contributed by atoms with Crippen LogP contribution in [-0.4, -0.2) is 44.4 Å². The van der Waals surface area contributed by atoms with Gasteiger partial charge in [-0.3, -0.25) is 9.59 Å². The van der Waals surface area contributed by atoms with Gasteiger partial charge in [0, 0.05) is 17.0 Å². The summed E-state index contributed by atoms with van der Waals surface area (Å²) in [6.45, 7) is 0. The van der Waals surface area contributed by atoms with Crippen molar-refractivity contribution in [1.82, 2.24) is 5.01 Å². The first kappa shape index (κ1) is 18.5. The molecule has 1 heterocycles. The predicted octanol–water partition coefficient (Wildman–Crippen LogP) is 3.50. The van der Waals surface area contributed by atoms with Crippen molar-refractivity contribution in [2.24, 2.45) is 5.10 Å². The number of amides is 2. The van der Waals surface area contributed by atoms with E-state index in [0.29, 0.717) is 39.3 Å². The van der Waals surface area contributed by atoms with Gasteiger partial charge in [0.15, 0.2) is 11.5 Å². The molecule has 0 radical (unpaired) electrons. The average molecular weight is 390 g/mol. The van der Waals surface area contributed by atoms with Crippen molar-refractivity contribution in [3.8, 4) is 17.2 Å². The van der Waals surface area contributed by atoms with E-state index >= 15 is 0 Å². The van der Waals surface area contributed by atoms with Gasteiger partial charge in [-0.15, -0.1) is 0 Å². The maximum absolute atomic E-state index is 12.9. The lowest BCUT2D eigenvalue weighted by atomic mass is 9.95. The molecule has 0 saturated carbocycles. The monoisotopic (exact) mass is 390 g/mol. The van der Waals surface area contributed by atoms with Gasteiger partial charge in [0.1, 0.15) is 5.75 Å². The van der Waals surface area contributed by atoms with Crippen LogP contribution in [0.5, 0.6) is 17.2 Å². The topological polar surface area (TPSA) is 77.4 Å². The number of ether oxygens (including phenoxy) is 3. The number of hydrogen-bond acceptors (Lipinski definition) is 6. The molecule has 0 unspecified atom stereocenters. The molecule has 0 N–H and O–H groups in total. The van der Waals surface area contributed by atoms with E-state index in [1.807, 2.05) is 12.1 Å². The number of benzene rings is 3. The molecule has 3 aromatic rings. The van der Waals surface area contributed by atoms with Gasteiger partial charge in [-0.05, 0) is 23.6 Å². The van der Waals surface area contributed by atoms with Gasteiger partial charge in [-0.25, -0.2) is 0 Å². The second kappa shape index (κ2) is 7.27. The molecule has 0 aromatic heterocycles. The van der Waals surface area contributed by atoms with E-state index < -0.39 is 11.8 Å². The number of nitrogens with zero attached hydrogens (tertiary/aromatic N) is 2. The van der Waals surface area contributed by atoms with Gasteiger partial charge in [0.25, 0.3) is 11.8 Å². The molecule has 2 amide bonds. The molecule has 1 aliphatic rings. The van der Waals surface area contributed by atoms with Crippen LogP contribution >= 0.6 is 0 Å². The summed E-state index contributed by atoms with van der Waals surface area (Å²) in [5.74, 6) is 0.476. The molecule has 146 valence electrons. The lowest BCUT2D eigenvalue weighted by Crippen LogP contribution is -2.36. The van der Waals surface area contributed by atoms with E-state index in [1.54, 1.807) is 36.4 Å². The summed E-state index contributed by atoms with van der Waals surface area (Å²) in [4.78, 5) is 25.9. The van der Waals surface area contributed by atoms with Gasteiger partial charge in [0.05, 0.1) is 38.7 Å². The first-order valence-corrected chi connectivity index (χ1v) is 8.83. The minimum absolute atomic E-state index is 0.439. The zero-order chi connectivity index (χ0) is 20.5. The number of carbonyl (C=O) groups is 2. The van der Waals surface area contributed by atoms with Crippen LogP contribution in [-0.2, 0) is 0 Å². The van der Waals surface area contributed by atoms with Crippen molar-refractivity contribution in [2.75, 3.05) is 21.3 Å². The van der Waals surface area contributed by atoms with Gasteiger partial charge in [-0.1, -0.05) is 24.3 Å². The van der Waals surface area contributed by atoms with E-state index in [2.05, 4.69) is 5.10 Å². The highest BCUT2D eigenvalue weighted by Crippen LogP contribution is 2.34. The van der Waals surface area contributed by atoms with Crippen molar-refractivity contribution in [3.05, 3.63) is 65.2 Å². The second-order valence-electron chi connectivity index (χ2n) is 6.33. The maximum atomic E-state index is 12.9. The minimum Gasteiger partial charge on any atom is -0.496 e. The first-order valence-electron chi connectivity index (χ1n) is 8.83. The normalized spacial score (nSPS) is 13.3. The molecule has 0 aliphatic carbocycles. The molecule has 4 rings (SSSR count). The van der Waals surface area contributed by atoms with Crippen LogP contribution in [0.2, 0.25) is 0 Å². The third-order valence-electron chi connectivity index (χ3n) is 4.80. The summed E-state index contributed by atoms with van der Waals surface area (Å²) < 4.78 is 15.9. The van der Waals surface area contributed by atoms with Gasteiger partial charge in [0.2, 0.25) is 0 Å². The Morgan fingerprint density at radius 3 is 1.90 bits per heavy atom. The molecule has 3 aromatic carbocycles. The van der Waals surface area contributed by atoms with Crippen molar-refractivity contribution in [3.63, 3.8) is 0 Å². The van der Waals surface area contributed by atoms with E-state index in [0.717, 1.165) is 10.4 Å². The fraction of sp³-hybridized carbons (Fsp3) is 0.136. The Morgan fingerprint density at radius 1 is 0.793 bits per heavy atom. The van der Waals surface area contributed by atoms with Gasteiger partial charge in [-0.2, -0.15) is 10.1 Å². The van der Waals surface area contributed by atoms with Crippen LogP contribution in [0, 0.1) is 0 Å². The zero-order valence-electron chi connectivity index (χ0n) is 16.1. The number of rotatable bonds is 5. The Labute approximate surface area is 167 Å². The van der Waals surface area contributed by atoms with E-state index in [4.69, 9.17) is 14.2 Å². The largest absolute Gasteiger partial charge is 0.496 e. The highest BCUT2D eigenvalue weighted by atomic mass is 16.5. The van der Waals surface area contributed by atoms with Crippen molar-refractivity contribution < 1.29 is 23.8 Å². The van der Waals surface area contributed by atoms with Crippen LogP contribution in [0.1, 0.15) is 26.3 Å². The lowest BCUT2D eigenvalue weighted by Gasteiger charge is -2.23. The Hall–Kier alpha value is -3.87. The lowest BCUT2D eigenvalue weighted by molar-refractivity contribution is 0.0616. The number of hydrogen-bond donors (Lipinski definition) is 0. The zero-order valence-corrected chi connectivity index (χ0v) is 16.1. The molecule has 0 fully saturated rings. The molecule has 0 saturated heterocycles. The average Bonchev–Trinajstić information content (AvgIpc) is 2.76. The van der Waals surface area contributed by atoms with Crippen molar-refractivity contribution in [2.45, 2.75) is 0 Å². The molecule has 1 aliphatic heterocycles. The van der Waals surface area contributed by atoms with Crippen LogP contribution in [0.3, 0.4) is 0 Å². The summed E-state index contributed by atoms with van der Waals surface area (Å²) >= 11 is 0. The predicted molar refractivity (Wildman–Crippen MR) is 108 cm³/mol. The molecule has 29 heavy (non-hydrogen) atoms. The highest BCUT2D eigenvalue weighted by molar-refractivity contribution is 6.25. The maximum Gasteiger partial charge on any atom is 0.282 e. The fourth-order valence-electron chi connectivity index (χ4n) is 3.40. The van der Waals surface area contributed by atoms with Crippen LogP contribution in [0.25, 0.3) is 10.8 Å². The quantitative estimate of drug-likeness (QED) is 0.492. The minimum atomic E-state index is -0.477. The highest BCUT2D eigenvalue weighted by Gasteiger charge is 2.32. The van der Waals surface area contributed by atoms with E-state index in [9.17, 15) is 9.59 Å². The summed E-state index contributed by atoms with van der Waals surface area (Å²) in [5, 5.41) is 6.53. The molecule has 0 bridgehead atoms. The molecule has 0 atom stereocenters. The van der Waals surface area contributed by atoms with Crippen molar-refractivity contribution >= 4 is 28.8 Å². The molecule has 7 heteroatoms. The number of hydrazone groups is 1. The molecular formula is C22H18N2O5. The molecule has 0 spiro atoms. The summed E-state index contributed by atoms with van der Waals surface area (Å²) in [6.07, 6.45) is 1.39. The summed E-state index contributed by atoms with van der Waals surface area (Å²) in [6, 6.07) is 14.0. The first-order chi connectivity index (χ1) is 14.1. The summed E-state index contributed by atoms with van der Waals surface area (Å²) in [7, 11) is 4.54. The number of imide groups is 1. The van der Waals surface area contributed by atoms with Gasteiger partial charge < -0.3 is 14.2 Å². The Kier molecular flexibility index (Phi) is 4.64. The fourth-order valence-corrected chi connectivity index (χ4v) is 3.40. The Bertz CT molecular complexity index is 1120. The van der Waals surface area contributed by atoms with Crippen LogP contribution in [0.15, 0.2) is 53.6 Å². The molecular weight excluding hydrogens is 372 g/mol. The van der Waals surface area contributed by atoms with Crippen LogP contribution < -0.4 is 14.2 Å². The summed E-state index contributed by atoms with van der Waals surface area (Å²) in [5.41, 5.74) is 1.41. The standard InChI is InChI=1S/C22H18N2O5/c1-27-17-11-19(29-3)18(28-2)10-14(17)12-23-24-21(25)15-8-4-6-13-7-5-9-16(20(13)15)22(24)26/h4-12H,1-3H3/b23-12-. The van der Waals surface area contributed by atoms with E-state index in [-0.39, 0.29) is 0 Å². The number of methoxy groups -OCH3 is 3. The second-order valence-corrected chi connectivity index (χ2v) is 6.33. The smallest absolute Gasteiger partial charge is 0.282 e. The van der Waals surface area contributed by atoms with Crippen LogP contribution in [0.4, 0.5) is 0 Å². The Balaban J connectivity index is 1.77. The van der Waals surface area contributed by atoms with Gasteiger partial charge >= 0.3 is 0 Å². The Morgan fingerprint density at radius 2 is 1.34 bits per heavy atom. The van der Waals surface area contributed by atoms with E-state index in [1.165, 1.54) is 27.5 Å². The number of carbonyl (C=O) groups excluding carboxylic acids is 2. The third kappa shape index (κ3) is 2.97. The molecule has 7 nitrogen and oxygen atoms in total. The SMILES string of the molecule is COc1cc(OC)c(OC)cc1/C=N\N1C(=O)c2cccc3cccc(c23)C1=O.